The monoisotopic (exact) mass is 364 g/mol. The van der Waals surface area contributed by atoms with Crippen molar-refractivity contribution in [3.8, 4) is 5.75 Å². The maximum absolute atomic E-state index is 13.3. The number of carbonyl (C=O) groups is 2. The van der Waals surface area contributed by atoms with Crippen LogP contribution in [0.5, 0.6) is 5.75 Å². The minimum absolute atomic E-state index is 0.0129. The number of fused-ring (bicyclic) bond motifs is 1. The zero-order valence-electron chi connectivity index (χ0n) is 13.9. The predicted octanol–water partition coefficient (Wildman–Crippen LogP) is 2.65. The molecule has 0 spiro atoms. The van der Waals surface area contributed by atoms with E-state index in [1.807, 2.05) is 24.3 Å². The third kappa shape index (κ3) is 3.08. The van der Waals surface area contributed by atoms with Crippen LogP contribution in [0.25, 0.3) is 11.0 Å². The average Bonchev–Trinajstić information content (AvgIpc) is 3.31. The van der Waals surface area contributed by atoms with E-state index < -0.39 is 11.6 Å². The number of imidazole rings is 1. The summed E-state index contributed by atoms with van der Waals surface area (Å²) in [5.74, 6) is -1.99. The lowest BCUT2D eigenvalue weighted by Crippen LogP contribution is -2.17. The van der Waals surface area contributed by atoms with Gasteiger partial charge in [0.25, 0.3) is 5.91 Å². The number of nitrogens with zero attached hydrogens (tertiary/aromatic N) is 4. The lowest BCUT2D eigenvalue weighted by Gasteiger charge is -2.04. The Kier molecular flexibility index (Phi) is 4.00. The molecule has 0 aliphatic rings. The quantitative estimate of drug-likeness (QED) is 0.562. The van der Waals surface area contributed by atoms with E-state index in [-0.39, 0.29) is 29.3 Å². The summed E-state index contributed by atoms with van der Waals surface area (Å²) >= 11 is 0. The van der Waals surface area contributed by atoms with E-state index >= 15 is 0 Å². The molecule has 0 aliphatic heterocycles. The Morgan fingerprint density at radius 1 is 1.15 bits per heavy atom. The molecule has 0 saturated carbocycles. The third-order valence-corrected chi connectivity index (χ3v) is 4.14. The molecule has 0 fully saturated rings. The first-order chi connectivity index (χ1) is 13.0. The minimum Gasteiger partial charge on any atom is -0.507 e. The molecule has 4 rings (SSSR count). The summed E-state index contributed by atoms with van der Waals surface area (Å²) < 4.78 is 16.1. The molecule has 27 heavy (non-hydrogen) atoms. The van der Waals surface area contributed by atoms with Crippen molar-refractivity contribution in [2.24, 2.45) is 0 Å². The second kappa shape index (κ2) is 6.49. The highest BCUT2D eigenvalue weighted by molar-refractivity contribution is 6.10. The fourth-order valence-corrected chi connectivity index (χ4v) is 2.78. The molecule has 0 unspecified atom stereocenters. The van der Waals surface area contributed by atoms with Crippen molar-refractivity contribution in [2.45, 2.75) is 6.54 Å². The highest BCUT2D eigenvalue weighted by atomic mass is 19.1. The van der Waals surface area contributed by atoms with E-state index in [1.165, 1.54) is 12.4 Å². The molecule has 0 bridgehead atoms. The average molecular weight is 364 g/mol. The van der Waals surface area contributed by atoms with Crippen molar-refractivity contribution < 1.29 is 19.1 Å². The topological polar surface area (TPSA) is 90.0 Å². The smallest absolute Gasteiger partial charge is 0.266 e. The van der Waals surface area contributed by atoms with Gasteiger partial charge in [-0.1, -0.05) is 12.1 Å². The highest BCUT2D eigenvalue weighted by Crippen LogP contribution is 2.21. The summed E-state index contributed by atoms with van der Waals surface area (Å²) in [6.45, 7) is -0.0129. The van der Waals surface area contributed by atoms with Crippen molar-refractivity contribution in [1.29, 1.82) is 0 Å². The Bertz CT molecular complexity index is 1180. The molecule has 134 valence electrons. The van der Waals surface area contributed by atoms with Crippen LogP contribution in [0.1, 0.15) is 20.7 Å². The second-order valence-electron chi connectivity index (χ2n) is 5.92. The molecule has 0 saturated heterocycles. The van der Waals surface area contributed by atoms with Crippen LogP contribution in [0, 0.1) is 5.82 Å². The van der Waals surface area contributed by atoms with Gasteiger partial charge in [-0.15, -0.1) is 0 Å². The van der Waals surface area contributed by atoms with Gasteiger partial charge in [0, 0.05) is 6.20 Å². The first-order valence-electron chi connectivity index (χ1n) is 8.04. The number of aromatic nitrogens is 4. The summed E-state index contributed by atoms with van der Waals surface area (Å²) in [6.07, 6.45) is 4.02. The lowest BCUT2D eigenvalue weighted by atomic mass is 10.1. The zero-order chi connectivity index (χ0) is 19.0. The van der Waals surface area contributed by atoms with Crippen LogP contribution in [-0.2, 0) is 6.54 Å². The molecule has 0 aliphatic carbocycles. The van der Waals surface area contributed by atoms with Crippen LogP contribution in [0.3, 0.4) is 0 Å². The van der Waals surface area contributed by atoms with Gasteiger partial charge in [0.05, 0.1) is 34.7 Å². The Morgan fingerprint density at radius 2 is 1.96 bits per heavy atom. The molecule has 2 aromatic carbocycles. The first kappa shape index (κ1) is 16.6. The van der Waals surface area contributed by atoms with Gasteiger partial charge in [-0.05, 0) is 30.3 Å². The van der Waals surface area contributed by atoms with Crippen LogP contribution >= 0.6 is 0 Å². The Hall–Kier alpha value is -3.81. The number of benzene rings is 2. The van der Waals surface area contributed by atoms with Crippen molar-refractivity contribution in [1.82, 2.24) is 19.3 Å². The van der Waals surface area contributed by atoms with Gasteiger partial charge < -0.3 is 9.67 Å². The van der Waals surface area contributed by atoms with Gasteiger partial charge in [-0.25, -0.2) is 14.1 Å². The Balaban J connectivity index is 1.57. The fraction of sp³-hybridized carbons (Fsp3) is 0.0526. The highest BCUT2D eigenvalue weighted by Gasteiger charge is 2.18. The van der Waals surface area contributed by atoms with Gasteiger partial charge in [0.2, 0.25) is 0 Å². The summed E-state index contributed by atoms with van der Waals surface area (Å²) in [5, 5.41) is 13.7. The number of rotatable bonds is 4. The summed E-state index contributed by atoms with van der Waals surface area (Å²) in [6, 6.07) is 10.5. The maximum atomic E-state index is 13.3. The first-order valence-corrected chi connectivity index (χ1v) is 8.04. The standard InChI is InChI=1S/C19H13FN4O3/c20-13-5-6-17(25)14(7-13)19(27)12-8-22-24(9-12)18(26)10-23-11-21-15-3-1-2-4-16(15)23/h1-9,11,25H,10H2. The molecule has 2 heterocycles. The summed E-state index contributed by atoms with van der Waals surface area (Å²) in [5.41, 5.74) is 1.45. The van der Waals surface area contributed by atoms with E-state index in [9.17, 15) is 19.1 Å². The van der Waals surface area contributed by atoms with Gasteiger partial charge in [-0.3, -0.25) is 9.59 Å². The number of phenolic OH excluding ortho intramolecular Hbond substituents is 1. The fourth-order valence-electron chi connectivity index (χ4n) is 2.78. The predicted molar refractivity (Wildman–Crippen MR) is 94.1 cm³/mol. The summed E-state index contributed by atoms with van der Waals surface area (Å²) in [7, 11) is 0. The number of para-hydroxylation sites is 2. The van der Waals surface area contributed by atoms with Crippen LogP contribution < -0.4 is 0 Å². The SMILES string of the molecule is O=C(c1cnn(C(=O)Cn2cnc3ccccc32)c1)c1cc(F)ccc1O. The summed E-state index contributed by atoms with van der Waals surface area (Å²) in [4.78, 5) is 29.1. The number of ketones is 1. The maximum Gasteiger partial charge on any atom is 0.266 e. The van der Waals surface area contributed by atoms with Crippen molar-refractivity contribution >= 4 is 22.7 Å². The normalized spacial score (nSPS) is 11.0. The molecule has 0 amide bonds. The van der Waals surface area contributed by atoms with Crippen molar-refractivity contribution in [2.75, 3.05) is 0 Å². The van der Waals surface area contributed by atoms with Gasteiger partial charge in [0.1, 0.15) is 18.1 Å². The second-order valence-corrected chi connectivity index (χ2v) is 5.92. The number of phenols is 1. The zero-order valence-corrected chi connectivity index (χ0v) is 13.9. The van der Waals surface area contributed by atoms with E-state index in [4.69, 9.17) is 0 Å². The van der Waals surface area contributed by atoms with Crippen molar-refractivity contribution in [3.63, 3.8) is 0 Å². The number of halogens is 1. The van der Waals surface area contributed by atoms with Gasteiger partial charge >= 0.3 is 0 Å². The number of hydrogen-bond donors (Lipinski definition) is 1. The largest absolute Gasteiger partial charge is 0.507 e. The van der Waals surface area contributed by atoms with E-state index in [0.717, 1.165) is 33.9 Å². The molecule has 1 N–H and O–H groups in total. The molecule has 8 heteroatoms. The molecule has 2 aromatic heterocycles. The van der Waals surface area contributed by atoms with Crippen LogP contribution in [-0.4, -0.2) is 36.1 Å². The molecule has 7 nitrogen and oxygen atoms in total. The molecule has 0 radical (unpaired) electrons. The minimum atomic E-state index is -0.647. The number of hydrogen-bond acceptors (Lipinski definition) is 5. The number of aromatic hydroxyl groups is 1. The van der Waals surface area contributed by atoms with E-state index in [0.29, 0.717) is 0 Å². The molecule has 0 atom stereocenters. The molecule has 4 aromatic rings. The van der Waals surface area contributed by atoms with Gasteiger partial charge in [0.15, 0.2) is 5.78 Å². The van der Waals surface area contributed by atoms with E-state index in [2.05, 4.69) is 10.1 Å². The Labute approximate surface area is 152 Å². The van der Waals surface area contributed by atoms with Crippen LogP contribution in [0.2, 0.25) is 0 Å². The van der Waals surface area contributed by atoms with E-state index in [1.54, 1.807) is 10.9 Å². The molecular weight excluding hydrogens is 351 g/mol. The van der Waals surface area contributed by atoms with Crippen LogP contribution in [0.4, 0.5) is 4.39 Å². The van der Waals surface area contributed by atoms with Gasteiger partial charge in [-0.2, -0.15) is 5.10 Å². The van der Waals surface area contributed by atoms with Crippen LogP contribution in [0.15, 0.2) is 61.2 Å². The third-order valence-electron chi connectivity index (χ3n) is 4.14. The Morgan fingerprint density at radius 3 is 2.81 bits per heavy atom. The van der Waals surface area contributed by atoms with Crippen molar-refractivity contribution in [3.05, 3.63) is 78.1 Å². The number of carbonyl (C=O) groups excluding carboxylic acids is 2. The lowest BCUT2D eigenvalue weighted by molar-refractivity contribution is 0.0876. The molecular formula is C19H13FN4O3.